The van der Waals surface area contributed by atoms with Crippen LogP contribution in [0.3, 0.4) is 0 Å². The Balaban J connectivity index is 1.95. The van der Waals surface area contributed by atoms with Gasteiger partial charge in [0.25, 0.3) is 0 Å². The lowest BCUT2D eigenvalue weighted by Gasteiger charge is -2.40. The quantitative estimate of drug-likeness (QED) is 0.865. The van der Waals surface area contributed by atoms with E-state index in [9.17, 15) is 0 Å². The first-order valence-electron chi connectivity index (χ1n) is 7.95. The average molecular weight is 275 g/mol. The Morgan fingerprint density at radius 1 is 1.30 bits per heavy atom. The molecular formula is C17H29N3. The van der Waals surface area contributed by atoms with Gasteiger partial charge in [-0.15, -0.1) is 0 Å². The molecule has 1 N–H and O–H groups in total. The normalized spacial score (nSPS) is 18.4. The molecule has 112 valence electrons. The molecule has 0 aromatic carbocycles. The number of nitrogens with zero attached hydrogens (tertiary/aromatic N) is 2. The fourth-order valence-corrected chi connectivity index (χ4v) is 3.57. The summed E-state index contributed by atoms with van der Waals surface area (Å²) in [6.07, 6.45) is 5.26. The van der Waals surface area contributed by atoms with Gasteiger partial charge in [-0.3, -0.25) is 9.88 Å². The third-order valence-corrected chi connectivity index (χ3v) is 4.43. The van der Waals surface area contributed by atoms with E-state index in [0.717, 1.165) is 12.2 Å². The molecule has 0 amide bonds. The van der Waals surface area contributed by atoms with Gasteiger partial charge in [-0.1, -0.05) is 19.4 Å². The second-order valence-electron chi connectivity index (χ2n) is 6.44. The van der Waals surface area contributed by atoms with Crippen molar-refractivity contribution in [2.24, 2.45) is 5.41 Å². The Morgan fingerprint density at radius 2 is 2.05 bits per heavy atom. The molecule has 3 heteroatoms. The summed E-state index contributed by atoms with van der Waals surface area (Å²) in [5.41, 5.74) is 2.81. The van der Waals surface area contributed by atoms with Gasteiger partial charge in [0.05, 0.1) is 5.69 Å². The number of piperidine rings is 1. The number of hydrogen-bond acceptors (Lipinski definition) is 3. The minimum absolute atomic E-state index is 0.512. The SMILES string of the molecule is CCCC1(CN(C)Cc2cccc(C)n2)CCNCC1. The third-order valence-electron chi connectivity index (χ3n) is 4.43. The van der Waals surface area contributed by atoms with Gasteiger partial charge >= 0.3 is 0 Å². The van der Waals surface area contributed by atoms with Crippen molar-refractivity contribution >= 4 is 0 Å². The summed E-state index contributed by atoms with van der Waals surface area (Å²) in [4.78, 5) is 7.08. The molecule has 1 aliphatic rings. The topological polar surface area (TPSA) is 28.2 Å². The van der Waals surface area contributed by atoms with E-state index in [1.165, 1.54) is 51.0 Å². The molecule has 0 radical (unpaired) electrons. The average Bonchev–Trinajstić information content (AvgIpc) is 2.39. The van der Waals surface area contributed by atoms with Gasteiger partial charge in [-0.2, -0.15) is 0 Å². The second-order valence-corrected chi connectivity index (χ2v) is 6.44. The highest BCUT2D eigenvalue weighted by Crippen LogP contribution is 2.34. The van der Waals surface area contributed by atoms with Crippen LogP contribution in [-0.4, -0.2) is 36.6 Å². The molecular weight excluding hydrogens is 246 g/mol. The molecule has 1 saturated heterocycles. The summed E-state index contributed by atoms with van der Waals surface area (Å²) in [5, 5.41) is 3.50. The van der Waals surface area contributed by atoms with E-state index in [1.54, 1.807) is 0 Å². The largest absolute Gasteiger partial charge is 0.317 e. The van der Waals surface area contributed by atoms with Gasteiger partial charge in [0, 0.05) is 18.8 Å². The number of nitrogens with one attached hydrogen (secondary N) is 1. The predicted molar refractivity (Wildman–Crippen MR) is 84.8 cm³/mol. The van der Waals surface area contributed by atoms with Crippen molar-refractivity contribution in [2.45, 2.75) is 46.1 Å². The Morgan fingerprint density at radius 3 is 2.70 bits per heavy atom. The van der Waals surface area contributed by atoms with Crippen LogP contribution in [0.15, 0.2) is 18.2 Å². The predicted octanol–water partition coefficient (Wildman–Crippen LogP) is 2.99. The van der Waals surface area contributed by atoms with E-state index in [0.29, 0.717) is 5.41 Å². The summed E-state index contributed by atoms with van der Waals surface area (Å²) in [7, 11) is 2.24. The molecule has 1 fully saturated rings. The zero-order valence-corrected chi connectivity index (χ0v) is 13.3. The number of aromatic nitrogens is 1. The van der Waals surface area contributed by atoms with E-state index in [2.05, 4.69) is 54.3 Å². The van der Waals surface area contributed by atoms with Gasteiger partial charge in [0.2, 0.25) is 0 Å². The fraction of sp³-hybridized carbons (Fsp3) is 0.706. The summed E-state index contributed by atoms with van der Waals surface area (Å²) in [6, 6.07) is 6.31. The first-order chi connectivity index (χ1) is 9.63. The molecule has 2 rings (SSSR count). The Hall–Kier alpha value is -0.930. The van der Waals surface area contributed by atoms with Crippen LogP contribution in [0.4, 0.5) is 0 Å². The second kappa shape index (κ2) is 7.19. The summed E-state index contributed by atoms with van der Waals surface area (Å²) in [6.45, 7) is 8.88. The van der Waals surface area contributed by atoms with Crippen LogP contribution < -0.4 is 5.32 Å². The lowest BCUT2D eigenvalue weighted by molar-refractivity contribution is 0.112. The van der Waals surface area contributed by atoms with Crippen molar-refractivity contribution in [3.8, 4) is 0 Å². The van der Waals surface area contributed by atoms with Crippen molar-refractivity contribution in [1.82, 2.24) is 15.2 Å². The van der Waals surface area contributed by atoms with Crippen LogP contribution in [0, 0.1) is 12.3 Å². The van der Waals surface area contributed by atoms with Crippen LogP contribution >= 0.6 is 0 Å². The molecule has 0 atom stereocenters. The van der Waals surface area contributed by atoms with Crippen LogP contribution in [0.5, 0.6) is 0 Å². The number of hydrogen-bond donors (Lipinski definition) is 1. The molecule has 20 heavy (non-hydrogen) atoms. The zero-order chi connectivity index (χ0) is 14.4. The monoisotopic (exact) mass is 275 g/mol. The fourth-order valence-electron chi connectivity index (χ4n) is 3.57. The van der Waals surface area contributed by atoms with E-state index < -0.39 is 0 Å². The van der Waals surface area contributed by atoms with Crippen molar-refractivity contribution in [3.63, 3.8) is 0 Å². The summed E-state index contributed by atoms with van der Waals surface area (Å²) in [5.74, 6) is 0. The summed E-state index contributed by atoms with van der Waals surface area (Å²) >= 11 is 0. The minimum Gasteiger partial charge on any atom is -0.317 e. The molecule has 0 spiro atoms. The van der Waals surface area contributed by atoms with Gasteiger partial charge in [0.1, 0.15) is 0 Å². The van der Waals surface area contributed by atoms with Gasteiger partial charge in [-0.25, -0.2) is 0 Å². The molecule has 0 unspecified atom stereocenters. The van der Waals surface area contributed by atoms with Crippen LogP contribution in [-0.2, 0) is 6.54 Å². The first kappa shape index (κ1) is 15.5. The number of aryl methyl sites for hydroxylation is 1. The lowest BCUT2D eigenvalue weighted by Crippen LogP contribution is -2.43. The Kier molecular flexibility index (Phi) is 5.55. The molecule has 1 aliphatic heterocycles. The van der Waals surface area contributed by atoms with Gasteiger partial charge in [0.15, 0.2) is 0 Å². The standard InChI is InChI=1S/C17H29N3/c1-4-8-17(9-11-18-12-10-17)14-20(3)13-16-7-5-6-15(2)19-16/h5-7,18H,4,8-14H2,1-3H3. The Bertz CT molecular complexity index is 405. The first-order valence-corrected chi connectivity index (χ1v) is 7.95. The smallest absolute Gasteiger partial charge is 0.0547 e. The number of rotatable bonds is 6. The molecule has 0 bridgehead atoms. The van der Waals surface area contributed by atoms with E-state index in [4.69, 9.17) is 0 Å². The maximum absolute atomic E-state index is 4.62. The van der Waals surface area contributed by atoms with Crippen LogP contribution in [0.25, 0.3) is 0 Å². The van der Waals surface area contributed by atoms with E-state index in [1.807, 2.05) is 0 Å². The van der Waals surface area contributed by atoms with Crippen molar-refractivity contribution in [3.05, 3.63) is 29.6 Å². The van der Waals surface area contributed by atoms with Crippen LogP contribution in [0.1, 0.15) is 44.0 Å². The number of pyridine rings is 1. The third kappa shape index (κ3) is 4.29. The molecule has 2 heterocycles. The van der Waals surface area contributed by atoms with Crippen molar-refractivity contribution < 1.29 is 0 Å². The molecule has 0 saturated carbocycles. The molecule has 0 aliphatic carbocycles. The van der Waals surface area contributed by atoms with Crippen LogP contribution in [0.2, 0.25) is 0 Å². The van der Waals surface area contributed by atoms with E-state index in [-0.39, 0.29) is 0 Å². The summed E-state index contributed by atoms with van der Waals surface area (Å²) < 4.78 is 0. The Labute approximate surface area is 123 Å². The zero-order valence-electron chi connectivity index (χ0n) is 13.3. The highest BCUT2D eigenvalue weighted by molar-refractivity contribution is 5.09. The lowest BCUT2D eigenvalue weighted by atomic mass is 9.75. The highest BCUT2D eigenvalue weighted by atomic mass is 15.1. The molecule has 3 nitrogen and oxygen atoms in total. The van der Waals surface area contributed by atoms with Gasteiger partial charge < -0.3 is 5.32 Å². The molecule has 1 aromatic heterocycles. The van der Waals surface area contributed by atoms with Crippen molar-refractivity contribution in [1.29, 1.82) is 0 Å². The van der Waals surface area contributed by atoms with E-state index >= 15 is 0 Å². The minimum atomic E-state index is 0.512. The maximum atomic E-state index is 4.62. The van der Waals surface area contributed by atoms with Crippen molar-refractivity contribution in [2.75, 3.05) is 26.7 Å². The highest BCUT2D eigenvalue weighted by Gasteiger charge is 2.32. The van der Waals surface area contributed by atoms with Gasteiger partial charge in [-0.05, 0) is 63.9 Å². The molecule has 1 aromatic rings. The maximum Gasteiger partial charge on any atom is 0.0547 e.